The molecular formula is C17H17NO5. The summed E-state index contributed by atoms with van der Waals surface area (Å²) in [6, 6.07) is 8.37. The fraction of sp³-hybridized carbons (Fsp3) is 0.235. The highest BCUT2D eigenvalue weighted by atomic mass is 16.8. The van der Waals surface area contributed by atoms with Crippen molar-refractivity contribution >= 4 is 22.4 Å². The topological polar surface area (TPSA) is 91.1 Å². The molecule has 0 spiro atoms. The highest BCUT2D eigenvalue weighted by Gasteiger charge is 2.20. The second-order valence-electron chi connectivity index (χ2n) is 5.53. The van der Waals surface area contributed by atoms with Crippen LogP contribution in [0.5, 0.6) is 0 Å². The van der Waals surface area contributed by atoms with Gasteiger partial charge in [-0.25, -0.2) is 5.21 Å². The third-order valence-corrected chi connectivity index (χ3v) is 3.70. The first-order valence-electron chi connectivity index (χ1n) is 7.30. The molecular weight excluding hydrogens is 298 g/mol. The molecule has 1 atom stereocenters. The third-order valence-electron chi connectivity index (χ3n) is 3.70. The number of quaternary nitrogens is 1. The van der Waals surface area contributed by atoms with Crippen LogP contribution in [0.2, 0.25) is 0 Å². The minimum atomic E-state index is -1.00. The Morgan fingerprint density at radius 1 is 1.26 bits per heavy atom. The molecule has 3 rings (SSSR count). The Morgan fingerprint density at radius 3 is 2.65 bits per heavy atom. The predicted octanol–water partition coefficient (Wildman–Crippen LogP) is 2.93. The quantitative estimate of drug-likeness (QED) is 0.706. The zero-order valence-electron chi connectivity index (χ0n) is 12.9. The average Bonchev–Trinajstić information content (AvgIpc) is 3.07. The molecule has 0 aliphatic heterocycles. The van der Waals surface area contributed by atoms with E-state index in [1.54, 1.807) is 12.1 Å². The normalized spacial score (nSPS) is 12.7. The summed E-state index contributed by atoms with van der Waals surface area (Å²) in [5.74, 6) is 2.06. The largest absolute Gasteiger partial charge is 0.595 e. The van der Waals surface area contributed by atoms with E-state index in [2.05, 4.69) is 0 Å². The highest BCUT2D eigenvalue weighted by molar-refractivity contribution is 5.96. The molecule has 6 nitrogen and oxygen atoms in total. The lowest BCUT2D eigenvalue weighted by atomic mass is 10.0. The predicted molar refractivity (Wildman–Crippen MR) is 83.4 cm³/mol. The van der Waals surface area contributed by atoms with E-state index in [9.17, 15) is 15.2 Å². The number of ketones is 1. The van der Waals surface area contributed by atoms with Crippen LogP contribution in [0.25, 0.3) is 22.3 Å². The van der Waals surface area contributed by atoms with Gasteiger partial charge in [0.1, 0.15) is 28.6 Å². The molecule has 0 fully saturated rings. The number of benzene rings is 1. The van der Waals surface area contributed by atoms with Gasteiger partial charge in [-0.2, -0.15) is 5.23 Å². The zero-order chi connectivity index (χ0) is 16.6. The van der Waals surface area contributed by atoms with Crippen molar-refractivity contribution in [2.24, 2.45) is 0 Å². The monoisotopic (exact) mass is 315 g/mol. The SMILES string of the molecule is CC(=O)CCc1oc2ccc([NH+]([O-])O)cc2c1-c1ccc(C)o1. The Morgan fingerprint density at radius 2 is 2.04 bits per heavy atom. The molecule has 0 saturated heterocycles. The van der Waals surface area contributed by atoms with Gasteiger partial charge < -0.3 is 18.8 Å². The summed E-state index contributed by atoms with van der Waals surface area (Å²) in [6.07, 6.45) is 0.805. The Labute approximate surface area is 132 Å². The lowest BCUT2D eigenvalue weighted by molar-refractivity contribution is -0.991. The molecule has 6 heteroatoms. The van der Waals surface area contributed by atoms with Crippen molar-refractivity contribution in [3.63, 3.8) is 0 Å². The standard InChI is InChI=1S/C17H17NO5/c1-10(19)3-6-16-17(15-7-4-11(2)22-15)13-9-12(18(20)21)5-8-14(13)23-16/h4-5,7-9,18,20H,3,6H2,1-2H3. The molecule has 0 saturated carbocycles. The van der Waals surface area contributed by atoms with E-state index in [1.807, 2.05) is 19.1 Å². The number of carbonyl (C=O) groups is 1. The van der Waals surface area contributed by atoms with Crippen molar-refractivity contribution in [1.29, 1.82) is 0 Å². The summed E-state index contributed by atoms with van der Waals surface area (Å²) in [6.45, 7) is 3.37. The van der Waals surface area contributed by atoms with Crippen molar-refractivity contribution in [2.45, 2.75) is 26.7 Å². The van der Waals surface area contributed by atoms with Crippen molar-refractivity contribution in [1.82, 2.24) is 0 Å². The summed E-state index contributed by atoms with van der Waals surface area (Å²) >= 11 is 0. The second-order valence-corrected chi connectivity index (χ2v) is 5.53. The first-order chi connectivity index (χ1) is 11.0. The van der Waals surface area contributed by atoms with Gasteiger partial charge >= 0.3 is 0 Å². The van der Waals surface area contributed by atoms with E-state index in [1.165, 1.54) is 13.0 Å². The third kappa shape index (κ3) is 3.05. The van der Waals surface area contributed by atoms with E-state index in [0.717, 1.165) is 11.3 Å². The number of rotatable bonds is 5. The maximum Gasteiger partial charge on any atom is 0.164 e. The molecule has 2 N–H and O–H groups in total. The van der Waals surface area contributed by atoms with E-state index < -0.39 is 5.23 Å². The molecule has 0 aliphatic carbocycles. The fourth-order valence-electron chi connectivity index (χ4n) is 2.59. The number of nitrogens with one attached hydrogen (secondary N) is 1. The number of carbonyl (C=O) groups excluding carboxylic acids is 1. The van der Waals surface area contributed by atoms with Crippen molar-refractivity contribution < 1.29 is 24.1 Å². The molecule has 2 heterocycles. The number of fused-ring (bicyclic) bond motifs is 1. The molecule has 2 aromatic heterocycles. The number of Topliss-reactive ketones (excluding diaryl/α,β-unsaturated/α-hetero) is 1. The van der Waals surface area contributed by atoms with Crippen LogP contribution in [-0.4, -0.2) is 11.0 Å². The van der Waals surface area contributed by atoms with Crippen LogP contribution in [0.4, 0.5) is 5.69 Å². The minimum Gasteiger partial charge on any atom is -0.595 e. The minimum absolute atomic E-state index is 0.0678. The Hall–Kier alpha value is -2.41. The first kappa shape index (κ1) is 15.5. The van der Waals surface area contributed by atoms with Gasteiger partial charge in [0.25, 0.3) is 0 Å². The summed E-state index contributed by atoms with van der Waals surface area (Å²) < 4.78 is 11.5. The second kappa shape index (κ2) is 6.00. The zero-order valence-corrected chi connectivity index (χ0v) is 12.9. The molecule has 0 radical (unpaired) electrons. The van der Waals surface area contributed by atoms with E-state index in [0.29, 0.717) is 35.3 Å². The summed E-state index contributed by atoms with van der Waals surface area (Å²) in [7, 11) is 0. The number of aryl methyl sites for hydroxylation is 2. The summed E-state index contributed by atoms with van der Waals surface area (Å²) in [5.41, 5.74) is 1.48. The molecule has 1 aromatic carbocycles. The van der Waals surface area contributed by atoms with Crippen LogP contribution in [0.3, 0.4) is 0 Å². The van der Waals surface area contributed by atoms with E-state index >= 15 is 0 Å². The molecule has 1 unspecified atom stereocenters. The number of hydrogen-bond donors (Lipinski definition) is 2. The Bertz CT molecular complexity index is 859. The van der Waals surface area contributed by atoms with Gasteiger partial charge in [-0.3, -0.25) is 0 Å². The van der Waals surface area contributed by atoms with Gasteiger partial charge in [-0.15, -0.1) is 0 Å². The maximum atomic E-state index is 11.3. The van der Waals surface area contributed by atoms with Crippen LogP contribution in [0.1, 0.15) is 24.9 Å². The lowest BCUT2D eigenvalue weighted by Gasteiger charge is -2.10. The highest BCUT2D eigenvalue weighted by Crippen LogP contribution is 2.37. The Kier molecular flexibility index (Phi) is 4.04. The lowest BCUT2D eigenvalue weighted by Crippen LogP contribution is -2.99. The number of furan rings is 2. The van der Waals surface area contributed by atoms with Gasteiger partial charge in [0, 0.05) is 30.4 Å². The maximum absolute atomic E-state index is 11.3. The van der Waals surface area contributed by atoms with Gasteiger partial charge in [0.15, 0.2) is 5.69 Å². The molecule has 0 aliphatic rings. The van der Waals surface area contributed by atoms with Gasteiger partial charge in [-0.1, -0.05) is 0 Å². The van der Waals surface area contributed by atoms with Crippen LogP contribution in [0, 0.1) is 12.1 Å². The van der Waals surface area contributed by atoms with Crippen molar-refractivity contribution in [2.75, 3.05) is 0 Å². The molecule has 3 aromatic rings. The van der Waals surface area contributed by atoms with E-state index in [-0.39, 0.29) is 11.5 Å². The average molecular weight is 315 g/mol. The van der Waals surface area contributed by atoms with Crippen molar-refractivity contribution in [3.05, 3.63) is 47.1 Å². The number of hydrogen-bond acceptors (Lipinski definition) is 5. The smallest absolute Gasteiger partial charge is 0.164 e. The summed E-state index contributed by atoms with van der Waals surface area (Å²) in [5, 5.41) is 20.1. The van der Waals surface area contributed by atoms with Gasteiger partial charge in [0.05, 0.1) is 5.56 Å². The van der Waals surface area contributed by atoms with Crippen LogP contribution >= 0.6 is 0 Å². The Balaban J connectivity index is 2.18. The molecule has 0 bridgehead atoms. The van der Waals surface area contributed by atoms with Crippen LogP contribution in [0.15, 0.2) is 39.2 Å². The van der Waals surface area contributed by atoms with Crippen molar-refractivity contribution in [3.8, 4) is 11.3 Å². The summed E-state index contributed by atoms with van der Waals surface area (Å²) in [4.78, 5) is 11.3. The fourth-order valence-corrected chi connectivity index (χ4v) is 2.59. The van der Waals surface area contributed by atoms with Gasteiger partial charge in [-0.05, 0) is 32.0 Å². The molecule has 120 valence electrons. The van der Waals surface area contributed by atoms with Crippen LogP contribution in [-0.2, 0) is 11.2 Å². The molecule has 23 heavy (non-hydrogen) atoms. The molecule has 0 amide bonds. The van der Waals surface area contributed by atoms with E-state index in [4.69, 9.17) is 8.83 Å². The van der Waals surface area contributed by atoms with Crippen LogP contribution < -0.4 is 5.23 Å². The van der Waals surface area contributed by atoms with Gasteiger partial charge in [0.2, 0.25) is 0 Å². The first-order valence-corrected chi connectivity index (χ1v) is 7.30.